The van der Waals surface area contributed by atoms with Gasteiger partial charge in [0, 0.05) is 23.7 Å². The Morgan fingerprint density at radius 2 is 1.84 bits per heavy atom. The number of nitrogens with one attached hydrogen (secondary N) is 3. The van der Waals surface area contributed by atoms with Gasteiger partial charge in [0.2, 0.25) is 5.91 Å². The largest absolute Gasteiger partial charge is 0.324 e. The van der Waals surface area contributed by atoms with E-state index >= 15 is 0 Å². The van der Waals surface area contributed by atoms with E-state index in [9.17, 15) is 14.0 Å². The molecule has 8 heteroatoms. The smallest absolute Gasteiger partial charge is 0.255 e. The summed E-state index contributed by atoms with van der Waals surface area (Å²) in [5, 5.41) is 11.6. The third-order valence-corrected chi connectivity index (χ3v) is 3.37. The number of carbonyl (C=O) groups is 2. The molecule has 2 aromatic carbocycles. The molecule has 0 radical (unpaired) electrons. The van der Waals surface area contributed by atoms with E-state index in [4.69, 9.17) is 0 Å². The van der Waals surface area contributed by atoms with Crippen LogP contribution >= 0.6 is 0 Å². The minimum Gasteiger partial charge on any atom is -0.324 e. The molecule has 3 N–H and O–H groups in total. The minimum absolute atomic E-state index is 0.0409. The topological polar surface area (TPSA) is 99.8 Å². The van der Waals surface area contributed by atoms with Gasteiger partial charge in [0.25, 0.3) is 5.91 Å². The summed E-state index contributed by atoms with van der Waals surface area (Å²) in [6.45, 7) is 1.27. The number of nitrogens with zero attached hydrogens (tertiary/aromatic N) is 2. The molecule has 0 fully saturated rings. The second-order valence-electron chi connectivity index (χ2n) is 5.24. The molecular formula is C17H14FN5O2. The number of anilines is 2. The lowest BCUT2D eigenvalue weighted by Crippen LogP contribution is -2.14. The molecule has 0 unspecified atom stereocenters. The molecule has 3 aromatic rings. The van der Waals surface area contributed by atoms with E-state index in [-0.39, 0.29) is 11.3 Å². The predicted octanol–water partition coefficient (Wildman–Crippen LogP) is 2.82. The number of amides is 2. The maximum Gasteiger partial charge on any atom is 0.255 e. The van der Waals surface area contributed by atoms with Crippen molar-refractivity contribution in [2.75, 3.05) is 10.6 Å². The lowest BCUT2D eigenvalue weighted by atomic mass is 10.1. The van der Waals surface area contributed by atoms with Gasteiger partial charge in [-0.1, -0.05) is 0 Å². The lowest BCUT2D eigenvalue weighted by Gasteiger charge is -2.09. The van der Waals surface area contributed by atoms with Crippen molar-refractivity contribution in [2.24, 2.45) is 0 Å². The normalized spacial score (nSPS) is 10.3. The van der Waals surface area contributed by atoms with Gasteiger partial charge in [0.05, 0.1) is 5.69 Å². The molecule has 0 aliphatic carbocycles. The summed E-state index contributed by atoms with van der Waals surface area (Å²) >= 11 is 0. The van der Waals surface area contributed by atoms with Crippen LogP contribution in [0.5, 0.6) is 0 Å². The van der Waals surface area contributed by atoms with E-state index in [2.05, 4.69) is 25.8 Å². The number of carbonyl (C=O) groups excluding carboxylic acids is 2. The number of rotatable bonds is 4. The third kappa shape index (κ3) is 3.86. The van der Waals surface area contributed by atoms with Gasteiger partial charge in [-0.3, -0.25) is 14.7 Å². The predicted molar refractivity (Wildman–Crippen MR) is 90.5 cm³/mol. The van der Waals surface area contributed by atoms with E-state index < -0.39 is 17.6 Å². The fourth-order valence-corrected chi connectivity index (χ4v) is 2.21. The summed E-state index contributed by atoms with van der Waals surface area (Å²) in [6.07, 6.45) is 1.41. The van der Waals surface area contributed by atoms with Gasteiger partial charge in [-0.2, -0.15) is 5.10 Å². The number of hydrogen-bond donors (Lipinski definition) is 3. The molecule has 2 amide bonds. The number of hydrogen-bond acceptors (Lipinski definition) is 4. The van der Waals surface area contributed by atoms with E-state index in [1.54, 1.807) is 24.3 Å². The van der Waals surface area contributed by atoms with Gasteiger partial charge < -0.3 is 10.6 Å². The molecule has 0 spiro atoms. The average Bonchev–Trinajstić information content (AvgIpc) is 3.11. The number of aromatic amines is 1. The average molecular weight is 339 g/mol. The highest BCUT2D eigenvalue weighted by molar-refractivity contribution is 6.05. The van der Waals surface area contributed by atoms with Crippen LogP contribution in [-0.2, 0) is 4.79 Å². The first kappa shape index (κ1) is 16.3. The Kier molecular flexibility index (Phi) is 4.51. The van der Waals surface area contributed by atoms with Crippen molar-refractivity contribution in [1.82, 2.24) is 15.2 Å². The first-order chi connectivity index (χ1) is 12.0. The second-order valence-corrected chi connectivity index (χ2v) is 5.24. The number of H-pyrrole nitrogens is 1. The van der Waals surface area contributed by atoms with Crippen molar-refractivity contribution in [2.45, 2.75) is 6.92 Å². The first-order valence-electron chi connectivity index (χ1n) is 7.37. The van der Waals surface area contributed by atoms with Crippen LogP contribution in [0.25, 0.3) is 11.4 Å². The van der Waals surface area contributed by atoms with Crippen molar-refractivity contribution < 1.29 is 14.0 Å². The highest BCUT2D eigenvalue weighted by Gasteiger charge is 2.11. The van der Waals surface area contributed by atoms with Crippen molar-refractivity contribution in [3.05, 3.63) is 60.2 Å². The molecule has 126 valence electrons. The van der Waals surface area contributed by atoms with Gasteiger partial charge in [-0.15, -0.1) is 0 Å². The molecule has 0 bridgehead atoms. The summed E-state index contributed by atoms with van der Waals surface area (Å²) in [5.74, 6) is -0.821. The van der Waals surface area contributed by atoms with Crippen LogP contribution in [0.1, 0.15) is 17.3 Å². The fraction of sp³-hybridized carbons (Fsp3) is 0.0588. The van der Waals surface area contributed by atoms with Crippen LogP contribution in [0, 0.1) is 5.82 Å². The molecule has 0 saturated heterocycles. The second kappa shape index (κ2) is 6.91. The van der Waals surface area contributed by atoms with Crippen molar-refractivity contribution in [1.29, 1.82) is 0 Å². The molecule has 0 aliphatic heterocycles. The van der Waals surface area contributed by atoms with Gasteiger partial charge in [-0.05, 0) is 42.5 Å². The number of halogens is 1. The highest BCUT2D eigenvalue weighted by Crippen LogP contribution is 2.20. The molecule has 3 rings (SSSR count). The fourth-order valence-electron chi connectivity index (χ4n) is 2.21. The highest BCUT2D eigenvalue weighted by atomic mass is 19.1. The molecule has 0 aliphatic rings. The summed E-state index contributed by atoms with van der Waals surface area (Å²) in [7, 11) is 0. The molecule has 0 atom stereocenters. The first-order valence-corrected chi connectivity index (χ1v) is 7.37. The molecular weight excluding hydrogens is 325 g/mol. The van der Waals surface area contributed by atoms with E-state index in [0.29, 0.717) is 11.5 Å². The Morgan fingerprint density at radius 3 is 2.48 bits per heavy atom. The van der Waals surface area contributed by atoms with Crippen molar-refractivity contribution in [3.63, 3.8) is 0 Å². The van der Waals surface area contributed by atoms with E-state index in [0.717, 1.165) is 11.6 Å². The van der Waals surface area contributed by atoms with Gasteiger partial charge in [0.1, 0.15) is 12.1 Å². The molecule has 7 nitrogen and oxygen atoms in total. The van der Waals surface area contributed by atoms with Gasteiger partial charge in [-0.25, -0.2) is 9.37 Å². The quantitative estimate of drug-likeness (QED) is 0.680. The molecule has 1 heterocycles. The van der Waals surface area contributed by atoms with Crippen LogP contribution in [0.4, 0.5) is 15.8 Å². The Labute approximate surface area is 142 Å². The standard InChI is InChI=1S/C17H14FN5O2/c1-10(24)21-15-8-12(4-7-14(15)18)17(25)22-13-5-2-11(3-6-13)16-19-9-20-23-16/h2-9H,1H3,(H,21,24)(H,22,25)(H,19,20,23). The van der Waals surface area contributed by atoms with Crippen molar-refractivity contribution in [3.8, 4) is 11.4 Å². The van der Waals surface area contributed by atoms with E-state index in [1.165, 1.54) is 25.4 Å². The Bertz CT molecular complexity index is 907. The van der Waals surface area contributed by atoms with Crippen LogP contribution in [0.15, 0.2) is 48.8 Å². The van der Waals surface area contributed by atoms with E-state index in [1.807, 2.05) is 0 Å². The van der Waals surface area contributed by atoms with Crippen LogP contribution in [-0.4, -0.2) is 27.0 Å². The van der Waals surface area contributed by atoms with Crippen LogP contribution in [0.2, 0.25) is 0 Å². The van der Waals surface area contributed by atoms with Crippen LogP contribution < -0.4 is 10.6 Å². The zero-order valence-electron chi connectivity index (χ0n) is 13.2. The van der Waals surface area contributed by atoms with Crippen molar-refractivity contribution >= 4 is 23.2 Å². The monoisotopic (exact) mass is 339 g/mol. The van der Waals surface area contributed by atoms with Crippen LogP contribution in [0.3, 0.4) is 0 Å². The van der Waals surface area contributed by atoms with Gasteiger partial charge >= 0.3 is 0 Å². The lowest BCUT2D eigenvalue weighted by molar-refractivity contribution is -0.114. The molecule has 1 aromatic heterocycles. The minimum atomic E-state index is -0.608. The maximum absolute atomic E-state index is 13.6. The Balaban J connectivity index is 1.75. The zero-order valence-corrected chi connectivity index (χ0v) is 13.2. The maximum atomic E-state index is 13.6. The number of benzene rings is 2. The SMILES string of the molecule is CC(=O)Nc1cc(C(=O)Nc2ccc(-c3ncn[nH]3)cc2)ccc1F. The molecule has 0 saturated carbocycles. The Morgan fingerprint density at radius 1 is 1.08 bits per heavy atom. The summed E-state index contributed by atoms with van der Waals surface area (Å²) < 4.78 is 13.6. The molecule has 25 heavy (non-hydrogen) atoms. The van der Waals surface area contributed by atoms with Gasteiger partial charge in [0.15, 0.2) is 5.82 Å². The third-order valence-electron chi connectivity index (χ3n) is 3.37. The Hall–Kier alpha value is -3.55. The summed E-state index contributed by atoms with van der Waals surface area (Å²) in [4.78, 5) is 27.4. The number of aromatic nitrogens is 3. The summed E-state index contributed by atoms with van der Waals surface area (Å²) in [5.41, 5.74) is 1.58. The summed E-state index contributed by atoms with van der Waals surface area (Å²) in [6, 6.07) is 10.8. The zero-order chi connectivity index (χ0) is 17.8.